The van der Waals surface area contributed by atoms with Gasteiger partial charge in [-0.25, -0.2) is 0 Å². The van der Waals surface area contributed by atoms with Gasteiger partial charge < -0.3 is 5.73 Å². The van der Waals surface area contributed by atoms with Crippen LogP contribution in [0.2, 0.25) is 0 Å². The second-order valence-corrected chi connectivity index (χ2v) is 4.83. The van der Waals surface area contributed by atoms with Gasteiger partial charge >= 0.3 is 0 Å². The molecule has 1 aliphatic heterocycles. The van der Waals surface area contributed by atoms with E-state index in [9.17, 15) is 4.79 Å². The summed E-state index contributed by atoms with van der Waals surface area (Å²) < 4.78 is 0. The molecule has 1 amide bonds. The monoisotopic (exact) mass is 248 g/mol. The lowest BCUT2D eigenvalue weighted by atomic mass is 10.2. The molecule has 0 aliphatic carbocycles. The Balaban J connectivity index is 1.79. The fraction of sp³-hybridized carbons (Fsp3) is 0.538. The summed E-state index contributed by atoms with van der Waals surface area (Å²) in [7, 11) is 0. The Labute approximate surface area is 108 Å². The standard InChI is InChI=1S/C13H20N4O/c1-11-2-3-12(8-15-11)9-16-4-6-17(7-5-16)10-13(14)18/h2-3,8H,4-7,9-10H2,1H3,(H2,14,18). The molecule has 0 bridgehead atoms. The molecule has 2 heterocycles. The summed E-state index contributed by atoms with van der Waals surface area (Å²) in [5.74, 6) is -0.244. The topological polar surface area (TPSA) is 62.5 Å². The highest BCUT2D eigenvalue weighted by Crippen LogP contribution is 2.08. The number of aromatic nitrogens is 1. The predicted molar refractivity (Wildman–Crippen MR) is 69.9 cm³/mol. The number of amides is 1. The summed E-state index contributed by atoms with van der Waals surface area (Å²) >= 11 is 0. The van der Waals surface area contributed by atoms with Crippen LogP contribution in [0, 0.1) is 6.92 Å². The van der Waals surface area contributed by atoms with E-state index in [4.69, 9.17) is 5.73 Å². The van der Waals surface area contributed by atoms with Gasteiger partial charge in [0, 0.05) is 44.6 Å². The van der Waals surface area contributed by atoms with E-state index in [1.165, 1.54) is 5.56 Å². The first kappa shape index (κ1) is 13.0. The van der Waals surface area contributed by atoms with Crippen LogP contribution >= 0.6 is 0 Å². The predicted octanol–water partition coefficient (Wildman–Crippen LogP) is -0.00708. The molecule has 2 N–H and O–H groups in total. The molecule has 5 nitrogen and oxygen atoms in total. The van der Waals surface area contributed by atoms with E-state index in [1.54, 1.807) is 0 Å². The van der Waals surface area contributed by atoms with Crippen molar-refractivity contribution < 1.29 is 4.79 Å². The fourth-order valence-electron chi connectivity index (χ4n) is 2.18. The van der Waals surface area contributed by atoms with Crippen LogP contribution in [0.15, 0.2) is 18.3 Å². The van der Waals surface area contributed by atoms with Crippen molar-refractivity contribution in [1.82, 2.24) is 14.8 Å². The quantitative estimate of drug-likeness (QED) is 0.814. The highest BCUT2D eigenvalue weighted by atomic mass is 16.1. The van der Waals surface area contributed by atoms with Crippen LogP contribution in [-0.2, 0) is 11.3 Å². The molecule has 1 saturated heterocycles. The van der Waals surface area contributed by atoms with Gasteiger partial charge in [0.05, 0.1) is 6.54 Å². The van der Waals surface area contributed by atoms with Crippen LogP contribution in [0.3, 0.4) is 0 Å². The zero-order valence-electron chi connectivity index (χ0n) is 10.8. The van der Waals surface area contributed by atoms with Crippen molar-refractivity contribution in [3.8, 4) is 0 Å². The van der Waals surface area contributed by atoms with E-state index in [0.717, 1.165) is 38.4 Å². The van der Waals surface area contributed by atoms with E-state index in [-0.39, 0.29) is 5.91 Å². The first-order chi connectivity index (χ1) is 8.63. The molecule has 0 atom stereocenters. The van der Waals surface area contributed by atoms with Crippen molar-refractivity contribution in [3.63, 3.8) is 0 Å². The minimum Gasteiger partial charge on any atom is -0.369 e. The molecule has 98 valence electrons. The molecule has 1 fully saturated rings. The van der Waals surface area contributed by atoms with Crippen molar-refractivity contribution in [2.45, 2.75) is 13.5 Å². The zero-order chi connectivity index (χ0) is 13.0. The summed E-state index contributed by atoms with van der Waals surface area (Å²) in [4.78, 5) is 19.6. The van der Waals surface area contributed by atoms with Gasteiger partial charge in [-0.3, -0.25) is 19.6 Å². The number of rotatable bonds is 4. The van der Waals surface area contributed by atoms with Crippen molar-refractivity contribution in [2.24, 2.45) is 5.73 Å². The number of carbonyl (C=O) groups is 1. The Morgan fingerprint density at radius 2 is 1.94 bits per heavy atom. The molecular formula is C13H20N4O. The van der Waals surface area contributed by atoms with Crippen LogP contribution in [0.25, 0.3) is 0 Å². The number of hydrogen-bond donors (Lipinski definition) is 1. The second-order valence-electron chi connectivity index (χ2n) is 4.83. The molecule has 5 heteroatoms. The van der Waals surface area contributed by atoms with Gasteiger partial charge in [0.15, 0.2) is 0 Å². The molecule has 18 heavy (non-hydrogen) atoms. The molecule has 1 aliphatic rings. The Morgan fingerprint density at radius 1 is 1.28 bits per heavy atom. The van der Waals surface area contributed by atoms with Gasteiger partial charge in [0.2, 0.25) is 5.91 Å². The van der Waals surface area contributed by atoms with Crippen LogP contribution < -0.4 is 5.73 Å². The van der Waals surface area contributed by atoms with E-state index < -0.39 is 0 Å². The zero-order valence-corrected chi connectivity index (χ0v) is 10.8. The Bertz CT molecular complexity index is 396. The molecule has 0 unspecified atom stereocenters. The number of primary amides is 1. The summed E-state index contributed by atoms with van der Waals surface area (Å²) in [6.45, 7) is 7.05. The molecule has 1 aromatic rings. The summed E-state index contributed by atoms with van der Waals surface area (Å²) in [6, 6.07) is 4.16. The minimum absolute atomic E-state index is 0.244. The van der Waals surface area contributed by atoms with Gasteiger partial charge in [0.25, 0.3) is 0 Å². The second kappa shape index (κ2) is 5.93. The van der Waals surface area contributed by atoms with Crippen LogP contribution in [0.1, 0.15) is 11.3 Å². The van der Waals surface area contributed by atoms with Crippen LogP contribution in [0.5, 0.6) is 0 Å². The van der Waals surface area contributed by atoms with Crippen molar-refractivity contribution >= 4 is 5.91 Å². The summed E-state index contributed by atoms with van der Waals surface area (Å²) in [6.07, 6.45) is 1.94. The average Bonchev–Trinajstić information content (AvgIpc) is 2.34. The van der Waals surface area contributed by atoms with Gasteiger partial charge in [-0.05, 0) is 18.6 Å². The third-order valence-corrected chi connectivity index (χ3v) is 3.22. The Hall–Kier alpha value is -1.46. The number of aryl methyl sites for hydroxylation is 1. The SMILES string of the molecule is Cc1ccc(CN2CCN(CC(N)=O)CC2)cn1. The fourth-order valence-corrected chi connectivity index (χ4v) is 2.18. The lowest BCUT2D eigenvalue weighted by molar-refractivity contribution is -0.119. The Morgan fingerprint density at radius 3 is 2.50 bits per heavy atom. The number of piperazine rings is 1. The van der Waals surface area contributed by atoms with E-state index in [1.807, 2.05) is 19.2 Å². The van der Waals surface area contributed by atoms with Gasteiger partial charge in [0.1, 0.15) is 0 Å². The summed E-state index contributed by atoms with van der Waals surface area (Å²) in [5.41, 5.74) is 7.48. The highest BCUT2D eigenvalue weighted by molar-refractivity contribution is 5.75. The van der Waals surface area contributed by atoms with Gasteiger partial charge in [-0.2, -0.15) is 0 Å². The average molecular weight is 248 g/mol. The smallest absolute Gasteiger partial charge is 0.231 e. The lowest BCUT2D eigenvalue weighted by Crippen LogP contribution is -2.48. The van der Waals surface area contributed by atoms with Crippen molar-refractivity contribution in [2.75, 3.05) is 32.7 Å². The maximum absolute atomic E-state index is 10.8. The van der Waals surface area contributed by atoms with Crippen LogP contribution in [0.4, 0.5) is 0 Å². The van der Waals surface area contributed by atoms with Crippen molar-refractivity contribution in [1.29, 1.82) is 0 Å². The normalized spacial score (nSPS) is 17.8. The third kappa shape index (κ3) is 3.78. The van der Waals surface area contributed by atoms with Crippen LogP contribution in [-0.4, -0.2) is 53.4 Å². The Kier molecular flexibility index (Phi) is 4.28. The number of pyridine rings is 1. The number of nitrogens with two attached hydrogens (primary N) is 1. The molecule has 0 radical (unpaired) electrons. The maximum Gasteiger partial charge on any atom is 0.231 e. The molecule has 1 aromatic heterocycles. The minimum atomic E-state index is -0.244. The van der Waals surface area contributed by atoms with Gasteiger partial charge in [-0.1, -0.05) is 6.07 Å². The highest BCUT2D eigenvalue weighted by Gasteiger charge is 2.17. The summed E-state index contributed by atoms with van der Waals surface area (Å²) in [5, 5.41) is 0. The largest absolute Gasteiger partial charge is 0.369 e. The van der Waals surface area contributed by atoms with E-state index in [2.05, 4.69) is 20.9 Å². The first-order valence-corrected chi connectivity index (χ1v) is 6.28. The molecular weight excluding hydrogens is 228 g/mol. The number of carbonyl (C=O) groups excluding carboxylic acids is 1. The molecule has 0 spiro atoms. The van der Waals surface area contributed by atoms with Gasteiger partial charge in [-0.15, -0.1) is 0 Å². The number of nitrogens with zero attached hydrogens (tertiary/aromatic N) is 3. The lowest BCUT2D eigenvalue weighted by Gasteiger charge is -2.33. The van der Waals surface area contributed by atoms with E-state index >= 15 is 0 Å². The maximum atomic E-state index is 10.8. The molecule has 0 saturated carbocycles. The molecule has 2 rings (SSSR count). The van der Waals surface area contributed by atoms with E-state index in [0.29, 0.717) is 6.54 Å². The third-order valence-electron chi connectivity index (χ3n) is 3.22. The van der Waals surface area contributed by atoms with Crippen molar-refractivity contribution in [3.05, 3.63) is 29.6 Å². The number of hydrogen-bond acceptors (Lipinski definition) is 4. The molecule has 0 aromatic carbocycles. The first-order valence-electron chi connectivity index (χ1n) is 6.28.